The zero-order chi connectivity index (χ0) is 22.6. The number of hydrogen-bond acceptors (Lipinski definition) is 4. The fourth-order valence-electron chi connectivity index (χ4n) is 5.24. The first kappa shape index (κ1) is 22.8. The first-order valence-electron chi connectivity index (χ1n) is 12.2. The number of imidazole rings is 1. The van der Waals surface area contributed by atoms with Crippen molar-refractivity contribution in [2.45, 2.75) is 65.3 Å². The molecule has 1 N–H and O–H groups in total. The van der Waals surface area contributed by atoms with Crippen LogP contribution in [0.1, 0.15) is 61.8 Å². The molecule has 0 unspecified atom stereocenters. The summed E-state index contributed by atoms with van der Waals surface area (Å²) >= 11 is 0. The molecule has 1 saturated heterocycles. The van der Waals surface area contributed by atoms with Gasteiger partial charge in [0.1, 0.15) is 18.2 Å². The minimum Gasteiger partial charge on any atom is -0.491 e. The quantitative estimate of drug-likeness (QED) is 0.783. The van der Waals surface area contributed by atoms with E-state index in [9.17, 15) is 4.79 Å². The third-order valence-electron chi connectivity index (χ3n) is 7.36. The molecule has 2 aliphatic heterocycles. The maximum Gasteiger partial charge on any atom is 0.228 e. The highest BCUT2D eigenvalue weighted by Gasteiger charge is 2.42. The smallest absolute Gasteiger partial charge is 0.228 e. The molecule has 32 heavy (non-hydrogen) atoms. The topological polar surface area (TPSA) is 61.5 Å². The number of amides is 1. The summed E-state index contributed by atoms with van der Waals surface area (Å²) in [5, 5.41) is 0. The predicted octanol–water partition coefficient (Wildman–Crippen LogP) is 4.13. The van der Waals surface area contributed by atoms with E-state index in [4.69, 9.17) is 9.72 Å². The Morgan fingerprint density at radius 1 is 1.12 bits per heavy atom. The number of H-pyrrole nitrogens is 1. The molecule has 4 rings (SSSR count). The summed E-state index contributed by atoms with van der Waals surface area (Å²) in [5.41, 5.74) is 3.37. The van der Waals surface area contributed by atoms with Gasteiger partial charge in [-0.05, 0) is 63.7 Å². The van der Waals surface area contributed by atoms with E-state index in [1.807, 2.05) is 24.1 Å². The Hall–Kier alpha value is -2.34. The molecular weight excluding hydrogens is 400 g/mol. The molecule has 6 heteroatoms. The first-order valence-corrected chi connectivity index (χ1v) is 12.2. The van der Waals surface area contributed by atoms with Crippen LogP contribution in [0.25, 0.3) is 0 Å². The molecular formula is C26H38N4O2. The molecule has 0 bridgehead atoms. The lowest BCUT2D eigenvalue weighted by molar-refractivity contribution is -0.145. The number of aromatic nitrogens is 2. The molecule has 0 radical (unpaired) electrons. The molecule has 174 valence electrons. The maximum atomic E-state index is 13.6. The number of fused-ring (bicyclic) bond motifs is 1. The van der Waals surface area contributed by atoms with Crippen molar-refractivity contribution >= 4 is 5.91 Å². The number of rotatable bonds is 3. The fraction of sp³-hybridized carbons (Fsp3) is 0.615. The second-order valence-electron chi connectivity index (χ2n) is 9.56. The Balaban J connectivity index is 1.42. The van der Waals surface area contributed by atoms with E-state index in [1.165, 1.54) is 11.3 Å². The van der Waals surface area contributed by atoms with Crippen molar-refractivity contribution in [1.82, 2.24) is 19.8 Å². The van der Waals surface area contributed by atoms with Crippen LogP contribution in [0, 0.1) is 12.3 Å². The van der Waals surface area contributed by atoms with Crippen LogP contribution in [-0.4, -0.2) is 59.0 Å². The maximum absolute atomic E-state index is 13.6. The van der Waals surface area contributed by atoms with Gasteiger partial charge in [0.2, 0.25) is 5.91 Å². The SMILES string of the molecule is CCc1nc(CN2CCC3(CCCCc4ccccc4OCCN(C)C3=O)CC2)c(C)[nH]1. The van der Waals surface area contributed by atoms with Crippen molar-refractivity contribution in [1.29, 1.82) is 0 Å². The summed E-state index contributed by atoms with van der Waals surface area (Å²) in [7, 11) is 1.94. The summed E-state index contributed by atoms with van der Waals surface area (Å²) in [6.45, 7) is 8.18. The van der Waals surface area contributed by atoms with E-state index in [0.717, 1.165) is 81.8 Å². The van der Waals surface area contributed by atoms with Crippen molar-refractivity contribution < 1.29 is 9.53 Å². The molecule has 6 nitrogen and oxygen atoms in total. The summed E-state index contributed by atoms with van der Waals surface area (Å²) in [6, 6.07) is 8.33. The molecule has 1 amide bonds. The number of aromatic amines is 1. The van der Waals surface area contributed by atoms with Gasteiger partial charge in [0.15, 0.2) is 0 Å². The number of piperidine rings is 1. The average molecular weight is 439 g/mol. The number of nitrogens with one attached hydrogen (secondary N) is 1. The molecule has 1 aromatic heterocycles. The van der Waals surface area contributed by atoms with Gasteiger partial charge < -0.3 is 14.6 Å². The Morgan fingerprint density at radius 3 is 2.66 bits per heavy atom. The van der Waals surface area contributed by atoms with Gasteiger partial charge in [-0.2, -0.15) is 0 Å². The predicted molar refractivity (Wildman–Crippen MR) is 127 cm³/mol. The van der Waals surface area contributed by atoms with Crippen LogP contribution in [0.5, 0.6) is 5.75 Å². The third-order valence-corrected chi connectivity index (χ3v) is 7.36. The molecule has 1 fully saturated rings. The number of carbonyl (C=O) groups is 1. The Kier molecular flexibility index (Phi) is 7.19. The zero-order valence-corrected chi connectivity index (χ0v) is 20.0. The van der Waals surface area contributed by atoms with Crippen molar-refractivity contribution in [2.75, 3.05) is 33.3 Å². The standard InChI is InChI=1S/C26H38N4O2/c1-4-24-27-20(2)22(28-24)19-30-15-13-26(14-16-30)12-8-7-10-21-9-5-6-11-23(21)32-18-17-29(3)25(26)31/h5-6,9,11H,4,7-8,10,12-19H2,1-3H3,(H,27,28). The Labute approximate surface area is 192 Å². The molecule has 2 aliphatic rings. The summed E-state index contributed by atoms with van der Waals surface area (Å²) in [4.78, 5) is 26.1. The Morgan fingerprint density at radius 2 is 1.91 bits per heavy atom. The minimum absolute atomic E-state index is 0.237. The van der Waals surface area contributed by atoms with E-state index in [0.29, 0.717) is 19.1 Å². The number of likely N-dealkylation sites (tertiary alicyclic amines) is 1. The largest absolute Gasteiger partial charge is 0.491 e. The van der Waals surface area contributed by atoms with Crippen LogP contribution in [-0.2, 0) is 24.2 Å². The van der Waals surface area contributed by atoms with Crippen LogP contribution in [0.2, 0.25) is 0 Å². The monoisotopic (exact) mass is 438 g/mol. The zero-order valence-electron chi connectivity index (χ0n) is 20.0. The summed E-state index contributed by atoms with van der Waals surface area (Å²) < 4.78 is 6.05. The fourth-order valence-corrected chi connectivity index (χ4v) is 5.24. The highest BCUT2D eigenvalue weighted by Crippen LogP contribution is 2.39. The molecule has 0 atom stereocenters. The van der Waals surface area contributed by atoms with Crippen molar-refractivity contribution in [3.05, 3.63) is 47.0 Å². The summed E-state index contributed by atoms with van der Waals surface area (Å²) in [5.74, 6) is 2.33. The van der Waals surface area contributed by atoms with E-state index < -0.39 is 0 Å². The van der Waals surface area contributed by atoms with Crippen molar-refractivity contribution in [3.63, 3.8) is 0 Å². The van der Waals surface area contributed by atoms with Gasteiger partial charge in [0, 0.05) is 25.7 Å². The molecule has 0 aliphatic carbocycles. The number of aryl methyl sites for hydroxylation is 3. The molecule has 1 aromatic carbocycles. The highest BCUT2D eigenvalue weighted by atomic mass is 16.5. The second kappa shape index (κ2) is 10.1. The minimum atomic E-state index is -0.237. The molecule has 3 heterocycles. The van der Waals surface area contributed by atoms with Gasteiger partial charge in [0.05, 0.1) is 17.7 Å². The van der Waals surface area contributed by atoms with E-state index in [2.05, 4.69) is 35.9 Å². The van der Waals surface area contributed by atoms with Gasteiger partial charge in [-0.15, -0.1) is 0 Å². The number of carbonyl (C=O) groups excluding carboxylic acids is 1. The van der Waals surface area contributed by atoms with Crippen molar-refractivity contribution in [2.24, 2.45) is 5.41 Å². The molecule has 1 spiro atoms. The second-order valence-corrected chi connectivity index (χ2v) is 9.56. The van der Waals surface area contributed by atoms with Crippen LogP contribution < -0.4 is 4.74 Å². The van der Waals surface area contributed by atoms with E-state index in [-0.39, 0.29) is 5.41 Å². The van der Waals surface area contributed by atoms with Crippen molar-refractivity contribution in [3.8, 4) is 5.75 Å². The van der Waals surface area contributed by atoms with Crippen LogP contribution in [0.3, 0.4) is 0 Å². The van der Waals surface area contributed by atoms with Gasteiger partial charge >= 0.3 is 0 Å². The number of hydrogen-bond donors (Lipinski definition) is 1. The van der Waals surface area contributed by atoms with Gasteiger partial charge in [-0.25, -0.2) is 4.98 Å². The first-order chi connectivity index (χ1) is 15.5. The van der Waals surface area contributed by atoms with E-state index >= 15 is 0 Å². The number of nitrogens with zero attached hydrogens (tertiary/aromatic N) is 3. The van der Waals surface area contributed by atoms with Crippen LogP contribution in [0.4, 0.5) is 0 Å². The number of ether oxygens (including phenoxy) is 1. The lowest BCUT2D eigenvalue weighted by atomic mass is 9.73. The number of likely N-dealkylation sites (N-methyl/N-ethyl adjacent to an activating group) is 1. The average Bonchev–Trinajstić information content (AvgIpc) is 3.17. The van der Waals surface area contributed by atoms with Gasteiger partial charge in [-0.3, -0.25) is 9.69 Å². The summed E-state index contributed by atoms with van der Waals surface area (Å²) in [6.07, 6.45) is 6.95. The number of para-hydroxylation sites is 1. The van der Waals surface area contributed by atoms with E-state index in [1.54, 1.807) is 0 Å². The lowest BCUT2D eigenvalue weighted by Crippen LogP contribution is -2.50. The molecule has 2 aromatic rings. The van der Waals surface area contributed by atoms with Crippen LogP contribution in [0.15, 0.2) is 24.3 Å². The van der Waals surface area contributed by atoms with Gasteiger partial charge in [0.25, 0.3) is 0 Å². The third kappa shape index (κ3) is 5.01. The lowest BCUT2D eigenvalue weighted by Gasteiger charge is -2.42. The molecule has 0 saturated carbocycles. The van der Waals surface area contributed by atoms with Crippen LogP contribution >= 0.6 is 0 Å². The normalized spacial score (nSPS) is 20.3. The van der Waals surface area contributed by atoms with Gasteiger partial charge in [-0.1, -0.05) is 31.5 Å². The highest BCUT2D eigenvalue weighted by molar-refractivity contribution is 5.82. The Bertz CT molecular complexity index is 914. The number of benzene rings is 1.